The summed E-state index contributed by atoms with van der Waals surface area (Å²) in [5, 5.41) is 2.36. The SMILES string of the molecule is COC(=O)N1CCC(Cn2cncc2N2C(=C=O)C(N3CCN(C)CC3)C(c3cccc4ccccc34)=C2C)CC1. The lowest BCUT2D eigenvalue weighted by Crippen LogP contribution is -2.50. The minimum absolute atomic E-state index is 0.196. The Morgan fingerprint density at radius 2 is 1.76 bits per heavy atom. The van der Waals surface area contributed by atoms with Crippen molar-refractivity contribution >= 4 is 34.2 Å². The molecule has 1 atom stereocenters. The zero-order valence-electron chi connectivity index (χ0n) is 24.1. The first-order chi connectivity index (χ1) is 20.0. The van der Waals surface area contributed by atoms with E-state index in [1.807, 2.05) is 12.5 Å². The van der Waals surface area contributed by atoms with Crippen LogP contribution in [0.4, 0.5) is 10.6 Å². The molecule has 9 nitrogen and oxygen atoms in total. The minimum Gasteiger partial charge on any atom is -0.453 e. The average Bonchev–Trinajstić information content (AvgIpc) is 3.57. The number of piperidine rings is 1. The molecule has 0 bridgehead atoms. The molecule has 1 amide bonds. The summed E-state index contributed by atoms with van der Waals surface area (Å²) in [4.78, 5) is 38.0. The quantitative estimate of drug-likeness (QED) is 0.440. The molecule has 2 aromatic carbocycles. The number of carbonyl (C=O) groups is 1. The van der Waals surface area contributed by atoms with E-state index in [-0.39, 0.29) is 12.1 Å². The topological polar surface area (TPSA) is 74.1 Å². The van der Waals surface area contributed by atoms with E-state index in [1.165, 1.54) is 17.9 Å². The number of hydrogen-bond donors (Lipinski definition) is 0. The second-order valence-electron chi connectivity index (χ2n) is 11.4. The number of carbonyl (C=O) groups excluding carboxylic acids is 2. The average molecular weight is 555 g/mol. The highest BCUT2D eigenvalue weighted by molar-refractivity contribution is 6.00. The fourth-order valence-corrected chi connectivity index (χ4v) is 6.74. The van der Waals surface area contributed by atoms with Crippen LogP contribution in [-0.4, -0.2) is 95.8 Å². The fourth-order valence-electron chi connectivity index (χ4n) is 6.74. The van der Waals surface area contributed by atoms with Crippen LogP contribution in [0.3, 0.4) is 0 Å². The van der Waals surface area contributed by atoms with Gasteiger partial charge in [0.25, 0.3) is 0 Å². The van der Waals surface area contributed by atoms with Crippen LogP contribution < -0.4 is 4.90 Å². The van der Waals surface area contributed by atoms with Crippen LogP contribution in [0.1, 0.15) is 25.3 Å². The van der Waals surface area contributed by atoms with Gasteiger partial charge >= 0.3 is 6.09 Å². The van der Waals surface area contributed by atoms with Gasteiger partial charge in [-0.3, -0.25) is 9.80 Å². The Morgan fingerprint density at radius 3 is 2.49 bits per heavy atom. The van der Waals surface area contributed by atoms with Crippen molar-refractivity contribution in [1.29, 1.82) is 0 Å². The van der Waals surface area contributed by atoms with E-state index in [1.54, 1.807) is 4.90 Å². The number of anilines is 1. The zero-order valence-corrected chi connectivity index (χ0v) is 24.1. The lowest BCUT2D eigenvalue weighted by Gasteiger charge is -2.37. The van der Waals surface area contributed by atoms with Gasteiger partial charge in [-0.15, -0.1) is 0 Å². The molecule has 2 saturated heterocycles. The molecule has 9 heteroatoms. The van der Waals surface area contributed by atoms with E-state index in [2.05, 4.69) is 86.6 Å². The fraction of sp³-hybridized carbons (Fsp3) is 0.438. The van der Waals surface area contributed by atoms with Gasteiger partial charge in [0.15, 0.2) is 0 Å². The van der Waals surface area contributed by atoms with E-state index in [0.717, 1.165) is 68.2 Å². The van der Waals surface area contributed by atoms with Gasteiger partial charge in [-0.2, -0.15) is 0 Å². The lowest BCUT2D eigenvalue weighted by atomic mass is 9.92. The number of allylic oxidation sites excluding steroid dienone is 1. The highest BCUT2D eigenvalue weighted by atomic mass is 16.5. The Bertz CT molecular complexity index is 1500. The van der Waals surface area contributed by atoms with Crippen LogP contribution in [0, 0.1) is 5.92 Å². The molecule has 3 aliphatic rings. The maximum Gasteiger partial charge on any atom is 0.409 e. The third-order valence-corrected chi connectivity index (χ3v) is 9.01. The monoisotopic (exact) mass is 554 g/mol. The number of methoxy groups -OCH3 is 1. The van der Waals surface area contributed by atoms with Crippen LogP contribution in [0.25, 0.3) is 16.3 Å². The van der Waals surface area contributed by atoms with Crippen molar-refractivity contribution in [2.24, 2.45) is 5.92 Å². The first-order valence-corrected chi connectivity index (χ1v) is 14.5. The molecule has 2 fully saturated rings. The number of ether oxygens (including phenoxy) is 1. The molecular weight excluding hydrogens is 516 g/mol. The van der Waals surface area contributed by atoms with Crippen LogP contribution in [0.5, 0.6) is 0 Å². The number of aromatic nitrogens is 2. The van der Waals surface area contributed by atoms with E-state index < -0.39 is 0 Å². The minimum atomic E-state index is -0.263. The molecule has 1 aromatic heterocycles. The third-order valence-electron chi connectivity index (χ3n) is 9.01. The van der Waals surface area contributed by atoms with Gasteiger partial charge in [0, 0.05) is 57.1 Å². The van der Waals surface area contributed by atoms with Crippen molar-refractivity contribution in [1.82, 2.24) is 24.3 Å². The first kappa shape index (κ1) is 27.3. The van der Waals surface area contributed by atoms with E-state index >= 15 is 0 Å². The number of likely N-dealkylation sites (tertiary alicyclic amines) is 1. The number of likely N-dealkylation sites (N-methyl/N-ethyl adjacent to an activating group) is 1. The van der Waals surface area contributed by atoms with Gasteiger partial charge in [0.1, 0.15) is 17.5 Å². The normalized spacial score (nSPS) is 21.1. The molecule has 0 saturated carbocycles. The van der Waals surface area contributed by atoms with E-state index in [9.17, 15) is 9.59 Å². The number of benzene rings is 2. The summed E-state index contributed by atoms with van der Waals surface area (Å²) in [6.45, 7) is 7.90. The molecule has 4 heterocycles. The molecule has 1 unspecified atom stereocenters. The molecule has 6 rings (SSSR count). The van der Waals surface area contributed by atoms with Crippen molar-refractivity contribution in [3.05, 3.63) is 71.9 Å². The molecule has 0 N–H and O–H groups in total. The number of imidazole rings is 1. The van der Waals surface area contributed by atoms with Crippen LogP contribution in [0.2, 0.25) is 0 Å². The molecular formula is C32H38N6O3. The molecule has 214 valence electrons. The number of fused-ring (bicyclic) bond motifs is 1. The van der Waals surface area contributed by atoms with Crippen LogP contribution in [-0.2, 0) is 16.1 Å². The van der Waals surface area contributed by atoms with E-state index in [4.69, 9.17) is 4.74 Å². The van der Waals surface area contributed by atoms with Crippen molar-refractivity contribution in [3.8, 4) is 0 Å². The first-order valence-electron chi connectivity index (χ1n) is 14.5. The third kappa shape index (κ3) is 5.05. The maximum atomic E-state index is 12.9. The summed E-state index contributed by atoms with van der Waals surface area (Å²) >= 11 is 0. The number of amides is 1. The Labute approximate surface area is 241 Å². The molecule has 0 aliphatic carbocycles. The zero-order chi connectivity index (χ0) is 28.5. The van der Waals surface area contributed by atoms with Crippen molar-refractivity contribution in [2.45, 2.75) is 32.4 Å². The highest BCUT2D eigenvalue weighted by Gasteiger charge is 2.42. The van der Waals surface area contributed by atoms with Gasteiger partial charge in [-0.1, -0.05) is 42.5 Å². The van der Waals surface area contributed by atoms with Gasteiger partial charge in [0.05, 0.1) is 25.7 Å². The number of piperazine rings is 1. The summed E-state index contributed by atoms with van der Waals surface area (Å²) in [6, 6.07) is 14.7. The molecule has 3 aromatic rings. The second-order valence-corrected chi connectivity index (χ2v) is 11.4. The number of nitrogens with zero attached hydrogens (tertiary/aromatic N) is 6. The molecule has 3 aliphatic heterocycles. The highest BCUT2D eigenvalue weighted by Crippen LogP contribution is 2.44. The standard InChI is InChI=1S/C32H38N6O3/c1-23-30(27-10-6-8-25-7-4-5-9-26(25)27)31(35-17-15-34(2)16-18-35)28(21-39)38(23)29-19-33-22-37(29)20-24-11-13-36(14-12-24)32(40)41-3/h4-10,19,22,24,31H,11-18,20H2,1-3H3. The van der Waals surface area contributed by atoms with Crippen molar-refractivity contribution in [2.75, 3.05) is 58.3 Å². The van der Waals surface area contributed by atoms with Crippen LogP contribution in [0.15, 0.2) is 66.4 Å². The molecule has 41 heavy (non-hydrogen) atoms. The largest absolute Gasteiger partial charge is 0.453 e. The predicted molar refractivity (Wildman–Crippen MR) is 160 cm³/mol. The predicted octanol–water partition coefficient (Wildman–Crippen LogP) is 4.10. The smallest absolute Gasteiger partial charge is 0.409 e. The summed E-state index contributed by atoms with van der Waals surface area (Å²) in [5.41, 5.74) is 3.97. The van der Waals surface area contributed by atoms with Gasteiger partial charge in [-0.25, -0.2) is 14.6 Å². The number of rotatable bonds is 5. The summed E-state index contributed by atoms with van der Waals surface area (Å²) in [7, 11) is 3.58. The van der Waals surface area contributed by atoms with Gasteiger partial charge < -0.3 is 19.1 Å². The summed E-state index contributed by atoms with van der Waals surface area (Å²) < 4.78 is 7.07. The Morgan fingerprint density at radius 1 is 1.02 bits per heavy atom. The second kappa shape index (κ2) is 11.5. The molecule has 0 spiro atoms. The summed E-state index contributed by atoms with van der Waals surface area (Å²) in [6.07, 6.45) is 5.24. The molecule has 0 radical (unpaired) electrons. The van der Waals surface area contributed by atoms with Crippen molar-refractivity contribution in [3.63, 3.8) is 0 Å². The Kier molecular flexibility index (Phi) is 7.67. The maximum absolute atomic E-state index is 12.9. The van der Waals surface area contributed by atoms with E-state index in [0.29, 0.717) is 24.7 Å². The Balaban J connectivity index is 1.38. The van der Waals surface area contributed by atoms with Crippen molar-refractivity contribution < 1.29 is 14.3 Å². The summed E-state index contributed by atoms with van der Waals surface area (Å²) in [5.74, 6) is 3.67. The van der Waals surface area contributed by atoms with Gasteiger partial charge in [-0.05, 0) is 49.1 Å². The van der Waals surface area contributed by atoms with Crippen LogP contribution >= 0.6 is 0 Å². The number of hydrogen-bond acceptors (Lipinski definition) is 7. The Hall–Kier alpha value is -3.91. The van der Waals surface area contributed by atoms with Gasteiger partial charge in [0.2, 0.25) is 0 Å². The lowest BCUT2D eigenvalue weighted by molar-refractivity contribution is 0.104.